The van der Waals surface area contributed by atoms with E-state index in [9.17, 15) is 4.79 Å². The van der Waals surface area contributed by atoms with Gasteiger partial charge in [-0.05, 0) is 12.1 Å². The molecule has 4 N–H and O–H groups in total. The second-order valence-corrected chi connectivity index (χ2v) is 3.44. The lowest BCUT2D eigenvalue weighted by atomic mass is 10.2. The van der Waals surface area contributed by atoms with Crippen LogP contribution in [0.3, 0.4) is 0 Å². The third kappa shape index (κ3) is 3.34. The van der Waals surface area contributed by atoms with Gasteiger partial charge in [0.15, 0.2) is 0 Å². The van der Waals surface area contributed by atoms with Crippen molar-refractivity contribution in [1.82, 2.24) is 4.98 Å². The summed E-state index contributed by atoms with van der Waals surface area (Å²) in [4.78, 5) is 14.6. The highest BCUT2D eigenvalue weighted by Gasteiger charge is 2.12. The first-order valence-electron chi connectivity index (χ1n) is 4.47. The number of hydrogen-bond donors (Lipinski definition) is 4. The van der Waals surface area contributed by atoms with Crippen molar-refractivity contribution < 1.29 is 20.1 Å². The van der Waals surface area contributed by atoms with Crippen LogP contribution in [0.15, 0.2) is 12.1 Å². The molecule has 0 aromatic carbocycles. The monoisotopic (exact) mass is 246 g/mol. The average molecular weight is 247 g/mol. The highest BCUT2D eigenvalue weighted by Crippen LogP contribution is 2.16. The van der Waals surface area contributed by atoms with Gasteiger partial charge in [-0.1, -0.05) is 11.6 Å². The molecular weight excluding hydrogens is 236 g/mol. The van der Waals surface area contributed by atoms with Crippen LogP contribution in [0.25, 0.3) is 0 Å². The van der Waals surface area contributed by atoms with Crippen molar-refractivity contribution >= 4 is 23.4 Å². The lowest BCUT2D eigenvalue weighted by Gasteiger charge is -2.11. The van der Waals surface area contributed by atoms with Crippen LogP contribution in [0.4, 0.5) is 5.82 Å². The fraction of sp³-hybridized carbons (Fsp3) is 0.333. The highest BCUT2D eigenvalue weighted by molar-refractivity contribution is 6.29. The Bertz CT molecular complexity index is 386. The van der Waals surface area contributed by atoms with Crippen LogP contribution in [0.1, 0.15) is 10.4 Å². The van der Waals surface area contributed by atoms with Crippen LogP contribution in [0, 0.1) is 0 Å². The molecule has 0 fully saturated rings. The number of aromatic nitrogens is 1. The van der Waals surface area contributed by atoms with E-state index in [1.165, 1.54) is 12.1 Å². The van der Waals surface area contributed by atoms with Crippen molar-refractivity contribution in [3.8, 4) is 0 Å². The fourth-order valence-electron chi connectivity index (χ4n) is 1.02. The van der Waals surface area contributed by atoms with Gasteiger partial charge in [-0.2, -0.15) is 0 Å². The number of carbonyl (C=O) groups is 1. The molecule has 16 heavy (non-hydrogen) atoms. The summed E-state index contributed by atoms with van der Waals surface area (Å²) in [6.07, 6.45) is -0.984. The molecule has 0 bridgehead atoms. The van der Waals surface area contributed by atoms with E-state index in [1.807, 2.05) is 0 Å². The van der Waals surface area contributed by atoms with Gasteiger partial charge >= 0.3 is 5.97 Å². The zero-order valence-electron chi connectivity index (χ0n) is 8.22. The van der Waals surface area contributed by atoms with Crippen LogP contribution in [0.5, 0.6) is 0 Å². The molecule has 0 spiro atoms. The van der Waals surface area contributed by atoms with E-state index in [2.05, 4.69) is 10.3 Å². The van der Waals surface area contributed by atoms with Gasteiger partial charge in [0.1, 0.15) is 16.5 Å². The number of nitrogens with zero attached hydrogens (tertiary/aromatic N) is 1. The van der Waals surface area contributed by atoms with Crippen LogP contribution in [-0.2, 0) is 0 Å². The molecule has 1 unspecified atom stereocenters. The SMILES string of the molecule is O=C(O)c1ccc(Cl)nc1NCC(O)CO. The number of carboxylic acids is 1. The van der Waals surface area contributed by atoms with Crippen LogP contribution in [0.2, 0.25) is 5.15 Å². The summed E-state index contributed by atoms with van der Waals surface area (Å²) in [7, 11) is 0. The maximum absolute atomic E-state index is 10.8. The average Bonchev–Trinajstić information content (AvgIpc) is 2.25. The molecule has 1 aromatic rings. The Labute approximate surface area is 96.5 Å². The van der Waals surface area contributed by atoms with Crippen LogP contribution >= 0.6 is 11.6 Å². The van der Waals surface area contributed by atoms with Crippen molar-refractivity contribution in [2.75, 3.05) is 18.5 Å². The van der Waals surface area contributed by atoms with Gasteiger partial charge in [0.05, 0.1) is 12.7 Å². The first-order chi connectivity index (χ1) is 7.54. The molecule has 88 valence electrons. The molecule has 1 heterocycles. The Balaban J connectivity index is 2.84. The summed E-state index contributed by atoms with van der Waals surface area (Å²) >= 11 is 5.61. The molecule has 0 amide bonds. The van der Waals surface area contributed by atoms with E-state index >= 15 is 0 Å². The number of halogens is 1. The number of anilines is 1. The highest BCUT2D eigenvalue weighted by atomic mass is 35.5. The minimum Gasteiger partial charge on any atom is -0.478 e. The Morgan fingerprint density at radius 2 is 2.25 bits per heavy atom. The smallest absolute Gasteiger partial charge is 0.339 e. The number of rotatable bonds is 5. The number of aliphatic hydroxyl groups is 2. The second-order valence-electron chi connectivity index (χ2n) is 3.05. The molecule has 6 nitrogen and oxygen atoms in total. The van der Waals surface area contributed by atoms with E-state index < -0.39 is 18.7 Å². The predicted molar refractivity (Wildman–Crippen MR) is 57.8 cm³/mol. The molecule has 0 saturated carbocycles. The number of nitrogens with one attached hydrogen (secondary N) is 1. The number of carboxylic acid groups (broad SMARTS) is 1. The normalized spacial score (nSPS) is 12.2. The summed E-state index contributed by atoms with van der Waals surface area (Å²) in [6.45, 7) is -0.430. The van der Waals surface area contributed by atoms with Crippen molar-refractivity contribution in [2.24, 2.45) is 0 Å². The first kappa shape index (κ1) is 12.7. The van der Waals surface area contributed by atoms with E-state index in [-0.39, 0.29) is 23.1 Å². The van der Waals surface area contributed by atoms with Crippen LogP contribution < -0.4 is 5.32 Å². The van der Waals surface area contributed by atoms with E-state index in [0.29, 0.717) is 0 Å². The van der Waals surface area contributed by atoms with Crippen molar-refractivity contribution in [1.29, 1.82) is 0 Å². The van der Waals surface area contributed by atoms with Gasteiger partial charge in [-0.15, -0.1) is 0 Å². The van der Waals surface area contributed by atoms with Crippen molar-refractivity contribution in [3.05, 3.63) is 22.8 Å². The van der Waals surface area contributed by atoms with Crippen molar-refractivity contribution in [2.45, 2.75) is 6.10 Å². The maximum atomic E-state index is 10.8. The Morgan fingerprint density at radius 1 is 1.56 bits per heavy atom. The molecule has 0 radical (unpaired) electrons. The Kier molecular flexibility index (Phi) is 4.48. The number of aromatic carboxylic acids is 1. The standard InChI is InChI=1S/C9H11ClN2O4/c10-7-2-1-6(9(15)16)8(12-7)11-3-5(14)4-13/h1-2,5,13-14H,3-4H2,(H,11,12)(H,15,16). The van der Waals surface area contributed by atoms with Crippen molar-refractivity contribution in [3.63, 3.8) is 0 Å². The predicted octanol–water partition coefficient (Wildman–Crippen LogP) is 0.198. The van der Waals surface area contributed by atoms with Gasteiger partial charge in [0.2, 0.25) is 0 Å². The summed E-state index contributed by atoms with van der Waals surface area (Å²) in [5.41, 5.74) is -0.0467. The van der Waals surface area contributed by atoms with Gasteiger partial charge in [0.25, 0.3) is 0 Å². The fourth-order valence-corrected chi connectivity index (χ4v) is 1.17. The zero-order valence-corrected chi connectivity index (χ0v) is 8.98. The number of pyridine rings is 1. The minimum atomic E-state index is -1.15. The van der Waals surface area contributed by atoms with E-state index in [4.69, 9.17) is 26.9 Å². The van der Waals surface area contributed by atoms with E-state index in [1.54, 1.807) is 0 Å². The molecule has 1 rings (SSSR count). The molecular formula is C9H11ClN2O4. The molecule has 0 aliphatic carbocycles. The van der Waals surface area contributed by atoms with Gasteiger partial charge in [-0.3, -0.25) is 0 Å². The van der Waals surface area contributed by atoms with Gasteiger partial charge in [-0.25, -0.2) is 9.78 Å². The van der Waals surface area contributed by atoms with Crippen LogP contribution in [-0.4, -0.2) is 45.5 Å². The summed E-state index contributed by atoms with van der Waals surface area (Å²) < 4.78 is 0. The largest absolute Gasteiger partial charge is 0.478 e. The Hall–Kier alpha value is -1.37. The molecule has 7 heteroatoms. The first-order valence-corrected chi connectivity index (χ1v) is 4.85. The quantitative estimate of drug-likeness (QED) is 0.554. The third-order valence-corrected chi connectivity index (χ3v) is 2.02. The molecule has 0 aliphatic heterocycles. The lowest BCUT2D eigenvalue weighted by Crippen LogP contribution is -2.24. The van der Waals surface area contributed by atoms with Gasteiger partial charge in [0, 0.05) is 6.54 Å². The maximum Gasteiger partial charge on any atom is 0.339 e. The molecule has 1 aromatic heterocycles. The lowest BCUT2D eigenvalue weighted by molar-refractivity contribution is 0.0697. The Morgan fingerprint density at radius 3 is 2.81 bits per heavy atom. The zero-order chi connectivity index (χ0) is 12.1. The molecule has 1 atom stereocenters. The molecule has 0 aliphatic rings. The number of hydrogen-bond acceptors (Lipinski definition) is 5. The topological polar surface area (TPSA) is 103 Å². The third-order valence-electron chi connectivity index (χ3n) is 1.81. The number of aliphatic hydroxyl groups excluding tert-OH is 2. The second kappa shape index (κ2) is 5.64. The van der Waals surface area contributed by atoms with E-state index in [0.717, 1.165) is 0 Å². The summed E-state index contributed by atoms with van der Waals surface area (Å²) in [5, 5.41) is 29.3. The molecule has 0 saturated heterocycles. The summed E-state index contributed by atoms with van der Waals surface area (Å²) in [6, 6.07) is 2.67. The summed E-state index contributed by atoms with van der Waals surface area (Å²) in [5.74, 6) is -1.09. The van der Waals surface area contributed by atoms with Gasteiger partial charge < -0.3 is 20.6 Å². The minimum absolute atomic E-state index is 0.00980.